The van der Waals surface area contributed by atoms with Crippen LogP contribution < -0.4 is 9.62 Å². The summed E-state index contributed by atoms with van der Waals surface area (Å²) in [4.78, 5) is 13.3. The molecule has 3 aromatic rings. The average molecular weight is 437 g/mol. The molecule has 0 spiro atoms. The SMILES string of the molecule is Cc1ccc([C@H](NC(=O)[C@@H](C)N(c2ccc(C)cc2)S(C)(=O)=O)c2ccccc2)cc1. The molecule has 0 fully saturated rings. The van der Waals surface area contributed by atoms with E-state index in [2.05, 4.69) is 5.32 Å². The Hall–Kier alpha value is -3.12. The van der Waals surface area contributed by atoms with Crippen LogP contribution in [0.4, 0.5) is 5.69 Å². The van der Waals surface area contributed by atoms with Gasteiger partial charge >= 0.3 is 0 Å². The molecule has 0 aromatic heterocycles. The summed E-state index contributed by atoms with van der Waals surface area (Å²) in [7, 11) is -3.67. The monoisotopic (exact) mass is 436 g/mol. The van der Waals surface area contributed by atoms with E-state index in [-0.39, 0.29) is 5.91 Å². The Morgan fingerprint density at radius 2 is 1.29 bits per heavy atom. The highest BCUT2D eigenvalue weighted by Gasteiger charge is 2.30. The van der Waals surface area contributed by atoms with E-state index < -0.39 is 22.1 Å². The van der Waals surface area contributed by atoms with Gasteiger partial charge in [0.2, 0.25) is 15.9 Å². The van der Waals surface area contributed by atoms with Crippen molar-refractivity contribution in [1.82, 2.24) is 5.32 Å². The number of hydrogen-bond acceptors (Lipinski definition) is 3. The van der Waals surface area contributed by atoms with Crippen LogP contribution in [0.1, 0.15) is 35.2 Å². The molecule has 0 aliphatic carbocycles. The van der Waals surface area contributed by atoms with Gasteiger partial charge in [0.25, 0.3) is 0 Å². The molecule has 0 aliphatic heterocycles. The summed E-state index contributed by atoms with van der Waals surface area (Å²) in [5.41, 5.74) is 4.45. The molecule has 1 N–H and O–H groups in total. The van der Waals surface area contributed by atoms with Crippen molar-refractivity contribution in [3.05, 3.63) is 101 Å². The lowest BCUT2D eigenvalue weighted by molar-refractivity contribution is -0.122. The summed E-state index contributed by atoms with van der Waals surface area (Å²) >= 11 is 0. The van der Waals surface area contributed by atoms with Crippen LogP contribution >= 0.6 is 0 Å². The molecule has 0 heterocycles. The molecule has 162 valence electrons. The van der Waals surface area contributed by atoms with Gasteiger partial charge in [-0.3, -0.25) is 9.10 Å². The first kappa shape index (κ1) is 22.6. The fourth-order valence-corrected chi connectivity index (χ4v) is 4.70. The number of aryl methyl sites for hydroxylation is 2. The lowest BCUT2D eigenvalue weighted by Crippen LogP contribution is -2.48. The summed E-state index contributed by atoms with van der Waals surface area (Å²) in [5.74, 6) is -0.375. The van der Waals surface area contributed by atoms with Gasteiger partial charge in [0.15, 0.2) is 0 Å². The van der Waals surface area contributed by atoms with Crippen molar-refractivity contribution >= 4 is 21.6 Å². The van der Waals surface area contributed by atoms with Gasteiger partial charge in [0, 0.05) is 0 Å². The van der Waals surface area contributed by atoms with E-state index in [0.29, 0.717) is 5.69 Å². The predicted octanol–water partition coefficient (Wildman–Crippen LogP) is 4.36. The van der Waals surface area contributed by atoms with Gasteiger partial charge in [-0.05, 0) is 44.0 Å². The van der Waals surface area contributed by atoms with Crippen molar-refractivity contribution in [3.63, 3.8) is 0 Å². The first-order chi connectivity index (χ1) is 14.7. The zero-order chi connectivity index (χ0) is 22.6. The number of carbonyl (C=O) groups is 1. The minimum atomic E-state index is -3.67. The molecule has 31 heavy (non-hydrogen) atoms. The van der Waals surface area contributed by atoms with Crippen LogP contribution in [0.25, 0.3) is 0 Å². The molecule has 0 radical (unpaired) electrons. The largest absolute Gasteiger partial charge is 0.343 e. The first-order valence-corrected chi connectivity index (χ1v) is 12.0. The normalized spacial score (nSPS) is 13.3. The summed E-state index contributed by atoms with van der Waals surface area (Å²) in [6, 6.07) is 23.4. The van der Waals surface area contributed by atoms with Gasteiger partial charge in [0.1, 0.15) is 6.04 Å². The highest BCUT2D eigenvalue weighted by atomic mass is 32.2. The zero-order valence-corrected chi connectivity index (χ0v) is 19.1. The van der Waals surface area contributed by atoms with Crippen LogP contribution in [0, 0.1) is 13.8 Å². The summed E-state index contributed by atoms with van der Waals surface area (Å²) in [5, 5.41) is 3.06. The van der Waals surface area contributed by atoms with Gasteiger partial charge < -0.3 is 5.32 Å². The third-order valence-corrected chi connectivity index (χ3v) is 6.45. The maximum atomic E-state index is 13.3. The molecule has 6 heteroatoms. The molecule has 0 saturated heterocycles. The van der Waals surface area contributed by atoms with Gasteiger partial charge in [-0.25, -0.2) is 8.42 Å². The van der Waals surface area contributed by atoms with E-state index in [1.807, 2.05) is 80.6 Å². The van der Waals surface area contributed by atoms with Crippen molar-refractivity contribution in [2.24, 2.45) is 0 Å². The Balaban J connectivity index is 1.94. The van der Waals surface area contributed by atoms with Crippen LogP contribution in [-0.2, 0) is 14.8 Å². The molecule has 3 rings (SSSR count). The number of rotatable bonds is 7. The van der Waals surface area contributed by atoms with Gasteiger partial charge in [-0.15, -0.1) is 0 Å². The van der Waals surface area contributed by atoms with Gasteiger partial charge in [-0.2, -0.15) is 0 Å². The topological polar surface area (TPSA) is 66.5 Å². The fourth-order valence-electron chi connectivity index (χ4n) is 3.53. The molecule has 3 aromatic carbocycles. The standard InChI is InChI=1S/C25H28N2O3S/c1-18-10-14-22(15-11-18)24(21-8-6-5-7-9-21)26-25(28)20(3)27(31(4,29)30)23-16-12-19(2)13-17-23/h5-17,20,24H,1-4H3,(H,26,28)/t20-,24-/m1/s1. The molecule has 5 nitrogen and oxygen atoms in total. The summed E-state index contributed by atoms with van der Waals surface area (Å²) in [6.07, 6.45) is 1.12. The minimum Gasteiger partial charge on any atom is -0.343 e. The second-order valence-electron chi connectivity index (χ2n) is 7.83. The number of anilines is 1. The molecule has 0 aliphatic rings. The molecule has 0 bridgehead atoms. The van der Waals surface area contributed by atoms with Gasteiger partial charge in [-0.1, -0.05) is 77.9 Å². The Bertz CT molecular complexity index is 1130. The highest BCUT2D eigenvalue weighted by molar-refractivity contribution is 7.92. The highest BCUT2D eigenvalue weighted by Crippen LogP contribution is 2.25. The van der Waals surface area contributed by atoms with Crippen molar-refractivity contribution in [2.45, 2.75) is 32.9 Å². The Morgan fingerprint density at radius 1 is 0.806 bits per heavy atom. The van der Waals surface area contributed by atoms with Crippen molar-refractivity contribution in [2.75, 3.05) is 10.6 Å². The Morgan fingerprint density at radius 3 is 1.81 bits per heavy atom. The lowest BCUT2D eigenvalue weighted by atomic mass is 9.97. The summed E-state index contributed by atoms with van der Waals surface area (Å²) < 4.78 is 26.3. The molecular formula is C25H28N2O3S. The summed E-state index contributed by atoms with van der Waals surface area (Å²) in [6.45, 7) is 5.54. The number of hydrogen-bond donors (Lipinski definition) is 1. The van der Waals surface area contributed by atoms with E-state index in [0.717, 1.165) is 28.5 Å². The molecular weight excluding hydrogens is 408 g/mol. The third kappa shape index (κ3) is 5.52. The van der Waals surface area contributed by atoms with Crippen LogP contribution in [0.3, 0.4) is 0 Å². The average Bonchev–Trinajstić information content (AvgIpc) is 2.74. The number of amides is 1. The smallest absolute Gasteiger partial charge is 0.244 e. The maximum Gasteiger partial charge on any atom is 0.244 e. The first-order valence-electron chi connectivity index (χ1n) is 10.1. The maximum absolute atomic E-state index is 13.3. The third-order valence-electron chi connectivity index (χ3n) is 5.21. The number of nitrogens with zero attached hydrogens (tertiary/aromatic N) is 1. The lowest BCUT2D eigenvalue weighted by Gasteiger charge is -2.30. The van der Waals surface area contributed by atoms with Crippen molar-refractivity contribution in [3.8, 4) is 0 Å². The van der Waals surface area contributed by atoms with Crippen molar-refractivity contribution < 1.29 is 13.2 Å². The van der Waals surface area contributed by atoms with Crippen molar-refractivity contribution in [1.29, 1.82) is 0 Å². The van der Waals surface area contributed by atoms with Crippen LogP contribution in [0.5, 0.6) is 0 Å². The van der Waals surface area contributed by atoms with E-state index in [4.69, 9.17) is 0 Å². The molecule has 0 unspecified atom stereocenters. The Kier molecular flexibility index (Phi) is 6.81. The van der Waals surface area contributed by atoms with E-state index >= 15 is 0 Å². The van der Waals surface area contributed by atoms with E-state index in [1.165, 1.54) is 4.31 Å². The second-order valence-corrected chi connectivity index (χ2v) is 9.69. The quantitative estimate of drug-likeness (QED) is 0.598. The number of nitrogens with one attached hydrogen (secondary N) is 1. The number of benzene rings is 3. The fraction of sp³-hybridized carbons (Fsp3) is 0.240. The van der Waals surface area contributed by atoms with Crippen LogP contribution in [0.2, 0.25) is 0 Å². The molecule has 2 atom stereocenters. The Labute approximate surface area is 184 Å². The number of sulfonamides is 1. The predicted molar refractivity (Wildman–Crippen MR) is 126 cm³/mol. The minimum absolute atomic E-state index is 0.375. The number of carbonyl (C=O) groups excluding carboxylic acids is 1. The zero-order valence-electron chi connectivity index (χ0n) is 18.2. The van der Waals surface area contributed by atoms with Crippen LogP contribution in [-0.4, -0.2) is 26.6 Å². The van der Waals surface area contributed by atoms with E-state index in [1.54, 1.807) is 19.1 Å². The molecule has 0 saturated carbocycles. The van der Waals surface area contributed by atoms with Gasteiger partial charge in [0.05, 0.1) is 18.0 Å². The van der Waals surface area contributed by atoms with Crippen LogP contribution in [0.15, 0.2) is 78.9 Å². The van der Waals surface area contributed by atoms with E-state index in [9.17, 15) is 13.2 Å². The second kappa shape index (κ2) is 9.35. The molecule has 1 amide bonds.